The number of carbonyl (C=O) groups excluding carboxylic acids is 1. The zero-order valence-corrected chi connectivity index (χ0v) is 17.8. The third kappa shape index (κ3) is 4.21. The van der Waals surface area contributed by atoms with Crippen molar-refractivity contribution in [3.63, 3.8) is 0 Å². The predicted octanol–water partition coefficient (Wildman–Crippen LogP) is 4.71. The Hall–Kier alpha value is -3.29. The van der Waals surface area contributed by atoms with Gasteiger partial charge in [0.2, 0.25) is 5.91 Å². The minimum atomic E-state index is -4.48. The second kappa shape index (κ2) is 8.24. The van der Waals surface area contributed by atoms with Gasteiger partial charge in [0.15, 0.2) is 0 Å². The molecule has 0 radical (unpaired) electrons. The van der Waals surface area contributed by atoms with Gasteiger partial charge in [-0.3, -0.25) is 9.59 Å². The Morgan fingerprint density at radius 3 is 2.64 bits per heavy atom. The molecule has 5 nitrogen and oxygen atoms in total. The maximum Gasteiger partial charge on any atom is 0.417 e. The van der Waals surface area contributed by atoms with E-state index in [0.717, 1.165) is 18.2 Å². The Morgan fingerprint density at radius 1 is 1.00 bits per heavy atom. The molecule has 1 aromatic carbocycles. The second-order valence-corrected chi connectivity index (χ2v) is 8.81. The van der Waals surface area contributed by atoms with Crippen LogP contribution in [-0.2, 0) is 23.9 Å². The summed E-state index contributed by atoms with van der Waals surface area (Å²) in [5, 5.41) is 0. The summed E-state index contributed by atoms with van der Waals surface area (Å²) in [5.74, 6) is 0.994. The molecule has 33 heavy (non-hydrogen) atoms. The van der Waals surface area contributed by atoms with Crippen molar-refractivity contribution in [1.29, 1.82) is 0 Å². The molecule has 0 aliphatic carbocycles. The first kappa shape index (κ1) is 21.6. The van der Waals surface area contributed by atoms with Gasteiger partial charge in [-0.15, -0.1) is 0 Å². The number of piperidine rings is 1. The Bertz CT molecular complexity index is 1240. The number of aromatic nitrogens is 1. The van der Waals surface area contributed by atoms with Crippen molar-refractivity contribution < 1.29 is 22.4 Å². The third-order valence-electron chi connectivity index (χ3n) is 6.58. The molecule has 0 saturated carbocycles. The molecule has 5 rings (SSSR count). The van der Waals surface area contributed by atoms with Crippen molar-refractivity contribution in [3.05, 3.63) is 82.0 Å². The molecule has 2 aliphatic heterocycles. The summed E-state index contributed by atoms with van der Waals surface area (Å²) in [6.45, 7) is 1.80. The topological polar surface area (TPSA) is 55.5 Å². The van der Waals surface area contributed by atoms with Crippen molar-refractivity contribution in [3.8, 4) is 11.3 Å². The van der Waals surface area contributed by atoms with Gasteiger partial charge >= 0.3 is 6.18 Å². The van der Waals surface area contributed by atoms with E-state index in [1.165, 1.54) is 24.3 Å². The number of nitrogens with zero attached hydrogens (tertiary/aromatic N) is 2. The van der Waals surface area contributed by atoms with Gasteiger partial charge in [0, 0.05) is 55.7 Å². The van der Waals surface area contributed by atoms with Gasteiger partial charge in [0.1, 0.15) is 11.5 Å². The molecule has 172 valence electrons. The Kier molecular flexibility index (Phi) is 5.38. The van der Waals surface area contributed by atoms with Gasteiger partial charge in [0.25, 0.3) is 5.56 Å². The second-order valence-electron chi connectivity index (χ2n) is 8.81. The summed E-state index contributed by atoms with van der Waals surface area (Å²) >= 11 is 0. The van der Waals surface area contributed by atoms with Crippen molar-refractivity contribution in [2.24, 2.45) is 5.92 Å². The summed E-state index contributed by atoms with van der Waals surface area (Å²) in [6.07, 6.45) is -2.98. The number of amides is 1. The lowest BCUT2D eigenvalue weighted by molar-refractivity contribution is -0.137. The van der Waals surface area contributed by atoms with Crippen LogP contribution in [0.25, 0.3) is 11.3 Å². The van der Waals surface area contributed by atoms with Crippen LogP contribution in [0.2, 0.25) is 0 Å². The fraction of sp³-hybridized carbons (Fsp3) is 0.360. The highest BCUT2D eigenvalue weighted by molar-refractivity contribution is 5.76. The third-order valence-corrected chi connectivity index (χ3v) is 6.58. The van der Waals surface area contributed by atoms with E-state index in [2.05, 4.69) is 0 Å². The van der Waals surface area contributed by atoms with Crippen molar-refractivity contribution in [2.75, 3.05) is 13.1 Å². The summed E-state index contributed by atoms with van der Waals surface area (Å²) in [7, 11) is 0. The SMILES string of the molecule is O=C(CCc1ccc(-c2ccccc2C(F)(F)F)o1)N1CC2CC(C1)c1cccc(=O)n1C2. The lowest BCUT2D eigenvalue weighted by atomic mass is 9.83. The van der Waals surface area contributed by atoms with E-state index < -0.39 is 11.7 Å². The van der Waals surface area contributed by atoms with E-state index in [0.29, 0.717) is 31.8 Å². The van der Waals surface area contributed by atoms with Gasteiger partial charge in [0.05, 0.1) is 5.56 Å². The monoisotopic (exact) mass is 456 g/mol. The molecular formula is C25H23F3N2O3. The molecule has 1 saturated heterocycles. The molecule has 2 bridgehead atoms. The number of rotatable bonds is 4. The van der Waals surface area contributed by atoms with E-state index in [4.69, 9.17) is 4.42 Å². The first-order valence-corrected chi connectivity index (χ1v) is 11.0. The molecule has 0 N–H and O–H groups in total. The van der Waals surface area contributed by atoms with Crippen LogP contribution in [0.3, 0.4) is 0 Å². The number of pyridine rings is 1. The highest BCUT2D eigenvalue weighted by Crippen LogP contribution is 2.38. The van der Waals surface area contributed by atoms with E-state index in [1.807, 2.05) is 15.5 Å². The van der Waals surface area contributed by atoms with Crippen LogP contribution in [0, 0.1) is 5.92 Å². The number of carbonyl (C=O) groups is 1. The molecule has 2 aromatic heterocycles. The molecule has 8 heteroatoms. The van der Waals surface area contributed by atoms with Gasteiger partial charge in [-0.05, 0) is 36.6 Å². The van der Waals surface area contributed by atoms with Crippen molar-refractivity contribution in [2.45, 2.75) is 37.9 Å². The minimum Gasteiger partial charge on any atom is -0.461 e. The van der Waals surface area contributed by atoms with Crippen molar-refractivity contribution in [1.82, 2.24) is 9.47 Å². The van der Waals surface area contributed by atoms with Crippen LogP contribution < -0.4 is 5.56 Å². The van der Waals surface area contributed by atoms with Crippen molar-refractivity contribution >= 4 is 5.91 Å². The summed E-state index contributed by atoms with van der Waals surface area (Å²) < 4.78 is 47.4. The van der Waals surface area contributed by atoms with Crippen LogP contribution >= 0.6 is 0 Å². The molecule has 0 spiro atoms. The van der Waals surface area contributed by atoms with E-state index in [-0.39, 0.29) is 41.0 Å². The first-order chi connectivity index (χ1) is 15.8. The maximum absolute atomic E-state index is 13.3. The zero-order chi connectivity index (χ0) is 23.2. The van der Waals surface area contributed by atoms with Crippen LogP contribution in [0.1, 0.15) is 35.8 Å². The molecule has 4 heterocycles. The van der Waals surface area contributed by atoms with E-state index in [9.17, 15) is 22.8 Å². The van der Waals surface area contributed by atoms with Gasteiger partial charge in [-0.1, -0.05) is 24.3 Å². The summed E-state index contributed by atoms with van der Waals surface area (Å²) in [5.41, 5.74) is 0.222. The average Bonchev–Trinajstić information content (AvgIpc) is 3.26. The Morgan fingerprint density at radius 2 is 1.82 bits per heavy atom. The molecule has 2 aliphatic rings. The summed E-state index contributed by atoms with van der Waals surface area (Å²) in [4.78, 5) is 26.9. The van der Waals surface area contributed by atoms with E-state index in [1.54, 1.807) is 18.2 Å². The predicted molar refractivity (Wildman–Crippen MR) is 116 cm³/mol. The van der Waals surface area contributed by atoms with Gasteiger partial charge in [-0.2, -0.15) is 13.2 Å². The Labute approximate surface area is 188 Å². The first-order valence-electron chi connectivity index (χ1n) is 11.0. The number of benzene rings is 1. The van der Waals surface area contributed by atoms with Crippen LogP contribution in [0.15, 0.2) is 63.8 Å². The minimum absolute atomic E-state index is 0.00250. The molecule has 1 fully saturated rings. The van der Waals surface area contributed by atoms with E-state index >= 15 is 0 Å². The fourth-order valence-electron chi connectivity index (χ4n) is 5.09. The van der Waals surface area contributed by atoms with Crippen LogP contribution in [0.4, 0.5) is 13.2 Å². The molecule has 3 aromatic rings. The highest BCUT2D eigenvalue weighted by Gasteiger charge is 2.36. The number of hydrogen-bond acceptors (Lipinski definition) is 3. The highest BCUT2D eigenvalue weighted by atomic mass is 19.4. The standard InChI is InChI=1S/C25H23F3N2O3/c26-25(27,28)20-5-2-1-4-19(20)22-10-8-18(33-22)9-11-23(31)29-13-16-12-17(15-29)21-6-3-7-24(32)30(21)14-16/h1-8,10,16-17H,9,11-15H2. The molecular weight excluding hydrogens is 433 g/mol. The zero-order valence-electron chi connectivity index (χ0n) is 17.8. The number of alkyl halides is 3. The van der Waals surface area contributed by atoms with Gasteiger partial charge < -0.3 is 13.9 Å². The number of halogens is 3. The largest absolute Gasteiger partial charge is 0.461 e. The lowest BCUT2D eigenvalue weighted by Gasteiger charge is -2.42. The van der Waals surface area contributed by atoms with Crippen LogP contribution in [0.5, 0.6) is 0 Å². The quantitative estimate of drug-likeness (QED) is 0.572. The molecule has 2 unspecified atom stereocenters. The number of likely N-dealkylation sites (tertiary alicyclic amines) is 1. The Balaban J connectivity index is 1.25. The van der Waals surface area contributed by atoms with Gasteiger partial charge in [-0.25, -0.2) is 0 Å². The number of hydrogen-bond donors (Lipinski definition) is 0. The normalized spacial score (nSPS) is 19.9. The average molecular weight is 456 g/mol. The molecule has 1 amide bonds. The molecule has 2 atom stereocenters. The maximum atomic E-state index is 13.3. The van der Waals surface area contributed by atoms with Crippen LogP contribution in [-0.4, -0.2) is 28.5 Å². The smallest absolute Gasteiger partial charge is 0.417 e. The number of fused-ring (bicyclic) bond motifs is 4. The summed E-state index contributed by atoms with van der Waals surface area (Å²) in [6, 6.07) is 13.7. The number of aryl methyl sites for hydroxylation is 1. The lowest BCUT2D eigenvalue weighted by Crippen LogP contribution is -2.49. The number of furan rings is 1. The fourth-order valence-corrected chi connectivity index (χ4v) is 5.09.